The molecule has 0 saturated heterocycles. The second kappa shape index (κ2) is 3.46. The summed E-state index contributed by atoms with van der Waals surface area (Å²) in [4.78, 5) is 0. The lowest BCUT2D eigenvalue weighted by Crippen LogP contribution is -2.04. The minimum atomic E-state index is -0.178. The highest BCUT2D eigenvalue weighted by Gasteiger charge is 2.44. The molecular weight excluding hydrogens is 256 g/mol. The number of hydrogen-bond acceptors (Lipinski definition) is 2. The molecule has 0 spiro atoms. The van der Waals surface area contributed by atoms with Crippen LogP contribution in [0, 0.1) is 12.3 Å². The molecule has 1 aromatic rings. The Morgan fingerprint density at radius 3 is 2.67 bits per heavy atom. The fourth-order valence-corrected chi connectivity index (χ4v) is 2.40. The van der Waals surface area contributed by atoms with Gasteiger partial charge < -0.3 is 9.84 Å². The van der Waals surface area contributed by atoms with Crippen LogP contribution in [-0.4, -0.2) is 12.2 Å². The second-order valence-corrected chi connectivity index (χ2v) is 4.50. The van der Waals surface area contributed by atoms with Gasteiger partial charge in [-0.2, -0.15) is 0 Å². The van der Waals surface area contributed by atoms with Crippen LogP contribution < -0.4 is 4.74 Å². The van der Waals surface area contributed by atoms with Crippen LogP contribution in [0.2, 0.25) is 0 Å². The molecule has 0 amide bonds. The molecule has 1 aliphatic carbocycles. The van der Waals surface area contributed by atoms with Crippen molar-refractivity contribution in [1.82, 2.24) is 0 Å². The molecule has 1 fully saturated rings. The van der Waals surface area contributed by atoms with Crippen LogP contribution in [0.3, 0.4) is 0 Å². The fourth-order valence-electron chi connectivity index (χ4n) is 1.70. The third-order valence-electron chi connectivity index (χ3n) is 2.84. The Kier molecular flexibility index (Phi) is 2.40. The van der Waals surface area contributed by atoms with Crippen molar-refractivity contribution in [1.29, 1.82) is 0 Å². The van der Waals surface area contributed by atoms with E-state index in [1.54, 1.807) is 6.07 Å². The van der Waals surface area contributed by atoms with Crippen LogP contribution >= 0.6 is 15.9 Å². The molecule has 1 N–H and O–H groups in total. The fraction of sp³-hybridized carbons (Fsp3) is 0.333. The van der Waals surface area contributed by atoms with Crippen molar-refractivity contribution in [3.8, 4) is 23.8 Å². The molecule has 0 heterocycles. The van der Waals surface area contributed by atoms with E-state index in [4.69, 9.17) is 11.2 Å². The number of benzene rings is 1. The van der Waals surface area contributed by atoms with Gasteiger partial charge in [0.05, 0.1) is 17.0 Å². The molecule has 1 saturated carbocycles. The van der Waals surface area contributed by atoms with E-state index in [1.165, 1.54) is 7.11 Å². The number of hydrogen-bond donors (Lipinski definition) is 1. The van der Waals surface area contributed by atoms with Crippen LogP contribution in [0.4, 0.5) is 0 Å². The normalized spacial score (nSPS) is 16.9. The molecule has 78 valence electrons. The van der Waals surface area contributed by atoms with Gasteiger partial charge >= 0.3 is 0 Å². The van der Waals surface area contributed by atoms with Gasteiger partial charge in [0.15, 0.2) is 11.5 Å². The predicted octanol–water partition coefficient (Wildman–Crippen LogP) is 2.83. The summed E-state index contributed by atoms with van der Waals surface area (Å²) in [5.41, 5.74) is 0.797. The molecule has 2 rings (SSSR count). The van der Waals surface area contributed by atoms with Crippen molar-refractivity contribution >= 4 is 15.9 Å². The predicted molar refractivity (Wildman–Crippen MR) is 62.1 cm³/mol. The zero-order valence-electron chi connectivity index (χ0n) is 8.38. The molecule has 0 radical (unpaired) electrons. The highest BCUT2D eigenvalue weighted by molar-refractivity contribution is 9.10. The van der Waals surface area contributed by atoms with E-state index in [9.17, 15) is 5.11 Å². The number of phenols is 1. The highest BCUT2D eigenvalue weighted by atomic mass is 79.9. The van der Waals surface area contributed by atoms with Gasteiger partial charge in [0.2, 0.25) is 0 Å². The summed E-state index contributed by atoms with van der Waals surface area (Å²) in [6.07, 6.45) is 7.47. The van der Waals surface area contributed by atoms with Crippen LogP contribution in [0.15, 0.2) is 16.6 Å². The first-order valence-corrected chi connectivity index (χ1v) is 5.47. The van der Waals surface area contributed by atoms with E-state index in [2.05, 4.69) is 21.9 Å². The Bertz CT molecular complexity index is 442. The SMILES string of the molecule is C#CC1(c2ccc(OC)c(O)c2Br)CC1. The van der Waals surface area contributed by atoms with Crippen molar-refractivity contribution < 1.29 is 9.84 Å². The monoisotopic (exact) mass is 266 g/mol. The zero-order chi connectivity index (χ0) is 11.1. The van der Waals surface area contributed by atoms with Crippen LogP contribution in [0.5, 0.6) is 11.5 Å². The Morgan fingerprint density at radius 1 is 1.53 bits per heavy atom. The third-order valence-corrected chi connectivity index (χ3v) is 3.64. The van der Waals surface area contributed by atoms with Gasteiger partial charge in [0, 0.05) is 0 Å². The smallest absolute Gasteiger partial charge is 0.172 e. The van der Waals surface area contributed by atoms with E-state index >= 15 is 0 Å². The molecule has 1 aliphatic rings. The van der Waals surface area contributed by atoms with Crippen molar-refractivity contribution in [3.05, 3.63) is 22.2 Å². The van der Waals surface area contributed by atoms with Crippen molar-refractivity contribution in [2.75, 3.05) is 7.11 Å². The lowest BCUT2D eigenvalue weighted by molar-refractivity contribution is 0.371. The molecule has 0 atom stereocenters. The van der Waals surface area contributed by atoms with Crippen LogP contribution in [-0.2, 0) is 5.41 Å². The van der Waals surface area contributed by atoms with Gasteiger partial charge in [0.1, 0.15) is 0 Å². The lowest BCUT2D eigenvalue weighted by Gasteiger charge is -2.13. The average Bonchev–Trinajstić information content (AvgIpc) is 3.03. The van der Waals surface area contributed by atoms with Crippen LogP contribution in [0.25, 0.3) is 0 Å². The number of terminal acetylenes is 1. The Hall–Kier alpha value is -1.14. The summed E-state index contributed by atoms with van der Waals surface area (Å²) >= 11 is 3.36. The number of halogens is 1. The van der Waals surface area contributed by atoms with E-state index in [0.29, 0.717) is 10.2 Å². The maximum absolute atomic E-state index is 9.82. The minimum Gasteiger partial charge on any atom is -0.503 e. The van der Waals surface area contributed by atoms with Gasteiger partial charge in [-0.1, -0.05) is 12.0 Å². The summed E-state index contributed by atoms with van der Waals surface area (Å²) in [5.74, 6) is 3.37. The maximum atomic E-state index is 9.82. The topological polar surface area (TPSA) is 29.5 Å². The number of phenolic OH excluding ortho intramolecular Hbond substituents is 1. The van der Waals surface area contributed by atoms with Gasteiger partial charge in [-0.15, -0.1) is 6.42 Å². The Balaban J connectivity index is 2.53. The highest BCUT2D eigenvalue weighted by Crippen LogP contribution is 2.52. The largest absolute Gasteiger partial charge is 0.503 e. The Labute approximate surface area is 97.4 Å². The van der Waals surface area contributed by atoms with Crippen molar-refractivity contribution in [2.24, 2.45) is 0 Å². The number of ether oxygens (including phenoxy) is 1. The molecule has 0 aromatic heterocycles. The molecule has 15 heavy (non-hydrogen) atoms. The summed E-state index contributed by atoms with van der Waals surface area (Å²) in [7, 11) is 1.52. The minimum absolute atomic E-state index is 0.122. The van der Waals surface area contributed by atoms with E-state index in [1.807, 2.05) is 6.07 Å². The molecule has 1 aromatic carbocycles. The van der Waals surface area contributed by atoms with Crippen molar-refractivity contribution in [3.63, 3.8) is 0 Å². The summed E-state index contributed by atoms with van der Waals surface area (Å²) in [5, 5.41) is 9.82. The summed E-state index contributed by atoms with van der Waals surface area (Å²) in [6, 6.07) is 3.66. The quantitative estimate of drug-likeness (QED) is 0.835. The van der Waals surface area contributed by atoms with Crippen molar-refractivity contribution in [2.45, 2.75) is 18.3 Å². The summed E-state index contributed by atoms with van der Waals surface area (Å²) in [6.45, 7) is 0. The number of methoxy groups -OCH3 is 1. The molecule has 3 heteroatoms. The Morgan fingerprint density at radius 2 is 2.20 bits per heavy atom. The molecule has 2 nitrogen and oxygen atoms in total. The van der Waals surface area contributed by atoms with E-state index < -0.39 is 0 Å². The zero-order valence-corrected chi connectivity index (χ0v) is 9.97. The molecule has 0 unspecified atom stereocenters. The molecule has 0 bridgehead atoms. The summed E-state index contributed by atoms with van der Waals surface area (Å²) < 4.78 is 5.67. The molecule has 0 aliphatic heterocycles. The van der Waals surface area contributed by atoms with Gasteiger partial charge in [0.25, 0.3) is 0 Å². The van der Waals surface area contributed by atoms with E-state index in [0.717, 1.165) is 18.4 Å². The molecular formula is C12H11BrO2. The third kappa shape index (κ3) is 1.49. The van der Waals surface area contributed by atoms with E-state index in [-0.39, 0.29) is 11.2 Å². The standard InChI is InChI=1S/C12H11BrO2/c1-3-12(6-7-12)8-4-5-9(15-2)11(14)10(8)13/h1,4-5,14H,6-7H2,2H3. The number of aromatic hydroxyl groups is 1. The average molecular weight is 267 g/mol. The first-order valence-electron chi connectivity index (χ1n) is 4.68. The van der Waals surface area contributed by atoms with Gasteiger partial charge in [-0.3, -0.25) is 0 Å². The lowest BCUT2D eigenvalue weighted by atomic mass is 9.96. The van der Waals surface area contributed by atoms with Gasteiger partial charge in [-0.05, 0) is 40.4 Å². The van der Waals surface area contributed by atoms with Gasteiger partial charge in [-0.25, -0.2) is 0 Å². The maximum Gasteiger partial charge on any atom is 0.172 e. The first-order chi connectivity index (χ1) is 7.14. The van der Waals surface area contributed by atoms with Crippen LogP contribution in [0.1, 0.15) is 18.4 Å². The second-order valence-electron chi connectivity index (χ2n) is 3.70. The number of rotatable bonds is 2. The first kappa shape index (κ1) is 10.4.